The highest BCUT2D eigenvalue weighted by atomic mass is 16.5. The van der Waals surface area contributed by atoms with Crippen molar-refractivity contribution in [2.45, 2.75) is 6.92 Å². The number of carbonyl (C=O) groups excluding carboxylic acids is 1. The van der Waals surface area contributed by atoms with E-state index < -0.39 is 5.97 Å². The van der Waals surface area contributed by atoms with E-state index in [1.165, 1.54) is 13.3 Å². The minimum atomic E-state index is -0.411. The van der Waals surface area contributed by atoms with Crippen LogP contribution < -0.4 is 0 Å². The Morgan fingerprint density at radius 3 is 2.94 bits per heavy atom. The van der Waals surface area contributed by atoms with Crippen LogP contribution in [0.5, 0.6) is 0 Å². The van der Waals surface area contributed by atoms with Crippen LogP contribution in [0.2, 0.25) is 0 Å². The zero-order chi connectivity index (χ0) is 11.5. The van der Waals surface area contributed by atoms with Gasteiger partial charge in [-0.05, 0) is 13.0 Å². The van der Waals surface area contributed by atoms with Gasteiger partial charge in [-0.2, -0.15) is 0 Å². The maximum absolute atomic E-state index is 11.2. The van der Waals surface area contributed by atoms with Crippen molar-refractivity contribution in [1.82, 2.24) is 9.97 Å². The molecule has 0 saturated heterocycles. The summed E-state index contributed by atoms with van der Waals surface area (Å²) in [4.78, 5) is 18.3. The summed E-state index contributed by atoms with van der Waals surface area (Å²) < 4.78 is 4.60. The molecule has 16 heavy (non-hydrogen) atoms. The number of H-pyrrole nitrogens is 1. The molecule has 0 aliphatic carbocycles. The molecule has 0 saturated carbocycles. The molecule has 4 nitrogen and oxygen atoms in total. The number of nitrogens with zero attached hydrogens (tertiary/aromatic N) is 1. The second-order valence-electron chi connectivity index (χ2n) is 3.51. The molecule has 0 amide bonds. The van der Waals surface area contributed by atoms with Crippen LogP contribution in [0, 0.1) is 6.92 Å². The second-order valence-corrected chi connectivity index (χ2v) is 3.51. The lowest BCUT2D eigenvalue weighted by Gasteiger charge is -1.98. The van der Waals surface area contributed by atoms with Crippen molar-refractivity contribution in [3.8, 4) is 11.4 Å². The molecule has 0 aliphatic rings. The van der Waals surface area contributed by atoms with Gasteiger partial charge in [-0.1, -0.05) is 23.8 Å². The highest BCUT2D eigenvalue weighted by Gasteiger charge is 2.10. The Morgan fingerprint density at radius 1 is 1.44 bits per heavy atom. The van der Waals surface area contributed by atoms with E-state index in [-0.39, 0.29) is 0 Å². The standard InChI is InChI=1S/C12H12N2O2/c1-8-4-3-5-9(6-8)11-13-7-10(14-11)12(15)16-2/h3-7H,1-2H3,(H,13,14). The molecule has 1 N–H and O–H groups in total. The van der Waals surface area contributed by atoms with E-state index in [1.54, 1.807) is 0 Å². The summed E-state index contributed by atoms with van der Waals surface area (Å²) in [5, 5.41) is 0. The SMILES string of the molecule is COC(=O)c1cnc(-c2cccc(C)c2)[nH]1. The van der Waals surface area contributed by atoms with Crippen molar-refractivity contribution < 1.29 is 9.53 Å². The van der Waals surface area contributed by atoms with Crippen molar-refractivity contribution in [3.63, 3.8) is 0 Å². The zero-order valence-electron chi connectivity index (χ0n) is 9.15. The fourth-order valence-corrected chi connectivity index (χ4v) is 1.47. The highest BCUT2D eigenvalue weighted by Crippen LogP contribution is 2.16. The lowest BCUT2D eigenvalue weighted by atomic mass is 10.1. The molecule has 4 heteroatoms. The maximum Gasteiger partial charge on any atom is 0.356 e. The quantitative estimate of drug-likeness (QED) is 0.783. The Hall–Kier alpha value is -2.10. The Morgan fingerprint density at radius 2 is 2.25 bits per heavy atom. The van der Waals surface area contributed by atoms with E-state index in [0.717, 1.165) is 11.1 Å². The first-order valence-corrected chi connectivity index (χ1v) is 4.91. The van der Waals surface area contributed by atoms with Crippen molar-refractivity contribution in [2.75, 3.05) is 7.11 Å². The van der Waals surface area contributed by atoms with Crippen molar-refractivity contribution in [1.29, 1.82) is 0 Å². The van der Waals surface area contributed by atoms with Crippen LogP contribution in [0.15, 0.2) is 30.5 Å². The Labute approximate surface area is 93.3 Å². The summed E-state index contributed by atoms with van der Waals surface area (Å²) in [6, 6.07) is 7.89. The number of esters is 1. The Kier molecular flexibility index (Phi) is 2.72. The number of aryl methyl sites for hydroxylation is 1. The summed E-state index contributed by atoms with van der Waals surface area (Å²) >= 11 is 0. The van der Waals surface area contributed by atoms with Gasteiger partial charge in [0, 0.05) is 5.56 Å². The molecule has 1 aromatic heterocycles. The van der Waals surface area contributed by atoms with E-state index in [9.17, 15) is 4.79 Å². The molecule has 0 spiro atoms. The largest absolute Gasteiger partial charge is 0.464 e. The molecular weight excluding hydrogens is 204 g/mol. The van der Waals surface area contributed by atoms with Crippen LogP contribution in [0.4, 0.5) is 0 Å². The molecule has 2 rings (SSSR count). The normalized spacial score (nSPS) is 10.1. The smallest absolute Gasteiger partial charge is 0.356 e. The number of rotatable bonds is 2. The third-order valence-electron chi connectivity index (χ3n) is 2.27. The number of hydrogen-bond donors (Lipinski definition) is 1. The van der Waals surface area contributed by atoms with Gasteiger partial charge in [0.05, 0.1) is 13.3 Å². The molecule has 0 fully saturated rings. The van der Waals surface area contributed by atoms with Crippen LogP contribution in [0.1, 0.15) is 16.1 Å². The molecule has 0 unspecified atom stereocenters. The molecule has 0 bridgehead atoms. The summed E-state index contributed by atoms with van der Waals surface area (Å²) in [5.41, 5.74) is 2.46. The van der Waals surface area contributed by atoms with Crippen LogP contribution in [-0.4, -0.2) is 23.0 Å². The molecule has 0 atom stereocenters. The molecule has 1 heterocycles. The topological polar surface area (TPSA) is 55.0 Å². The fourth-order valence-electron chi connectivity index (χ4n) is 1.47. The number of imidazole rings is 1. The number of hydrogen-bond acceptors (Lipinski definition) is 3. The Balaban J connectivity index is 2.35. The number of aromatic amines is 1. The lowest BCUT2D eigenvalue weighted by molar-refractivity contribution is 0.0595. The van der Waals surface area contributed by atoms with Crippen LogP contribution in [0.3, 0.4) is 0 Å². The average molecular weight is 216 g/mol. The summed E-state index contributed by atoms with van der Waals surface area (Å²) in [5.74, 6) is 0.260. The van der Waals surface area contributed by atoms with Gasteiger partial charge >= 0.3 is 5.97 Å². The van der Waals surface area contributed by atoms with Gasteiger partial charge in [0.25, 0.3) is 0 Å². The van der Waals surface area contributed by atoms with Crippen molar-refractivity contribution >= 4 is 5.97 Å². The molecule has 1 aromatic carbocycles. The van der Waals surface area contributed by atoms with E-state index in [0.29, 0.717) is 11.5 Å². The number of ether oxygens (including phenoxy) is 1. The monoisotopic (exact) mass is 216 g/mol. The summed E-state index contributed by atoms with van der Waals surface area (Å²) in [6.07, 6.45) is 1.48. The average Bonchev–Trinajstić information content (AvgIpc) is 2.77. The predicted octanol–water partition coefficient (Wildman–Crippen LogP) is 2.17. The van der Waals surface area contributed by atoms with Crippen LogP contribution in [-0.2, 0) is 4.74 Å². The molecule has 0 aliphatic heterocycles. The summed E-state index contributed by atoms with van der Waals surface area (Å²) in [6.45, 7) is 2.01. The lowest BCUT2D eigenvalue weighted by Crippen LogP contribution is -2.00. The van der Waals surface area contributed by atoms with Gasteiger partial charge in [-0.15, -0.1) is 0 Å². The third-order valence-corrected chi connectivity index (χ3v) is 2.27. The van der Waals surface area contributed by atoms with Crippen LogP contribution >= 0.6 is 0 Å². The number of benzene rings is 1. The maximum atomic E-state index is 11.2. The van der Waals surface area contributed by atoms with E-state index in [2.05, 4.69) is 14.7 Å². The number of aromatic nitrogens is 2. The fraction of sp³-hybridized carbons (Fsp3) is 0.167. The minimum Gasteiger partial charge on any atom is -0.464 e. The van der Waals surface area contributed by atoms with Crippen molar-refractivity contribution in [2.24, 2.45) is 0 Å². The van der Waals surface area contributed by atoms with Gasteiger partial charge in [0.15, 0.2) is 0 Å². The second kappa shape index (κ2) is 4.18. The number of nitrogens with one attached hydrogen (secondary N) is 1. The van der Waals surface area contributed by atoms with E-state index in [4.69, 9.17) is 0 Å². The first-order valence-electron chi connectivity index (χ1n) is 4.91. The number of carbonyl (C=O) groups is 1. The zero-order valence-corrected chi connectivity index (χ0v) is 9.15. The molecule has 2 aromatic rings. The molecular formula is C12H12N2O2. The van der Waals surface area contributed by atoms with Gasteiger partial charge in [-0.3, -0.25) is 0 Å². The molecule has 82 valence electrons. The van der Waals surface area contributed by atoms with Gasteiger partial charge in [0.1, 0.15) is 11.5 Å². The first-order chi connectivity index (χ1) is 7.70. The summed E-state index contributed by atoms with van der Waals surface area (Å²) in [7, 11) is 1.34. The number of methoxy groups -OCH3 is 1. The molecule has 0 radical (unpaired) electrons. The van der Waals surface area contributed by atoms with Gasteiger partial charge < -0.3 is 9.72 Å². The van der Waals surface area contributed by atoms with Crippen molar-refractivity contribution in [3.05, 3.63) is 41.7 Å². The highest BCUT2D eigenvalue weighted by molar-refractivity contribution is 5.87. The first kappa shape index (κ1) is 10.4. The minimum absolute atomic E-state index is 0.360. The third kappa shape index (κ3) is 1.95. The Bertz CT molecular complexity index is 517. The van der Waals surface area contributed by atoms with E-state index >= 15 is 0 Å². The van der Waals surface area contributed by atoms with Gasteiger partial charge in [-0.25, -0.2) is 9.78 Å². The predicted molar refractivity (Wildman–Crippen MR) is 60.1 cm³/mol. The van der Waals surface area contributed by atoms with Gasteiger partial charge in [0.2, 0.25) is 0 Å². The van der Waals surface area contributed by atoms with E-state index in [1.807, 2.05) is 31.2 Å². The van der Waals surface area contributed by atoms with Crippen LogP contribution in [0.25, 0.3) is 11.4 Å².